The quantitative estimate of drug-likeness (QED) is 0.0740. The first-order valence-corrected chi connectivity index (χ1v) is 12.3. The topological polar surface area (TPSA) is 87.5 Å². The monoisotopic (exact) mass is 445 g/mol. The van der Waals surface area contributed by atoms with Gasteiger partial charge in [-0.25, -0.2) is 0 Å². The summed E-state index contributed by atoms with van der Waals surface area (Å²) in [5.41, 5.74) is 9.79. The van der Waals surface area contributed by atoms with E-state index in [-0.39, 0.29) is 6.61 Å². The summed E-state index contributed by atoms with van der Waals surface area (Å²) in [7, 11) is 1.63. The van der Waals surface area contributed by atoms with Crippen molar-refractivity contribution >= 4 is 0 Å². The summed E-state index contributed by atoms with van der Waals surface area (Å²) in [6, 6.07) is 7.00. The highest BCUT2D eigenvalue weighted by Crippen LogP contribution is 2.16. The third-order valence-corrected chi connectivity index (χ3v) is 5.67. The van der Waals surface area contributed by atoms with Gasteiger partial charge in [-0.05, 0) is 36.1 Å². The Kier molecular flexibility index (Phi) is 17.2. The summed E-state index contributed by atoms with van der Waals surface area (Å²) in [6.07, 6.45) is 19.1. The summed E-state index contributed by atoms with van der Waals surface area (Å²) in [5.74, 6) is 0.791. The van der Waals surface area contributed by atoms with Crippen molar-refractivity contribution in [3.63, 3.8) is 0 Å². The Balaban J connectivity index is 2.30. The molecular formula is C26H43N3O3. The highest BCUT2D eigenvalue weighted by atomic mass is 16.5. The van der Waals surface area contributed by atoms with Crippen LogP contribution in [0.2, 0.25) is 0 Å². The van der Waals surface area contributed by atoms with Crippen LogP contribution in [0.5, 0.6) is 5.75 Å². The lowest BCUT2D eigenvalue weighted by atomic mass is 10.0. The minimum absolute atomic E-state index is 0.250. The fourth-order valence-electron chi connectivity index (χ4n) is 3.64. The van der Waals surface area contributed by atoms with Crippen LogP contribution in [0.15, 0.2) is 41.5 Å². The number of hydrogen-bond donors (Lipinski definition) is 1. The molecule has 0 aliphatic heterocycles. The lowest BCUT2D eigenvalue weighted by Crippen LogP contribution is -2.28. The number of allylic oxidation sites excluding steroid dienone is 1. The van der Waals surface area contributed by atoms with Crippen LogP contribution in [-0.2, 0) is 11.3 Å². The molecule has 1 N–H and O–H groups in total. The molecule has 0 aromatic heterocycles. The first-order valence-electron chi connectivity index (χ1n) is 12.3. The second-order valence-electron chi connectivity index (χ2n) is 8.33. The molecule has 2 atom stereocenters. The standard InChI is InChI=1S/C26H43N3O3/c1-3-4-5-6-7-8-9-10-11-12-13-14-15-16-26(25(21-30)28-29-27)32-22-23-17-19-24(31-2)20-18-23/h15-20,25-26,30H,3-14,21-22H2,1-2H3/b16-15+. The van der Waals surface area contributed by atoms with E-state index < -0.39 is 12.1 Å². The molecule has 1 rings (SSSR count). The predicted octanol–water partition coefficient (Wildman–Crippen LogP) is 7.51. The van der Waals surface area contributed by atoms with Gasteiger partial charge in [0.15, 0.2) is 0 Å². The third-order valence-electron chi connectivity index (χ3n) is 5.67. The van der Waals surface area contributed by atoms with Crippen molar-refractivity contribution in [3.05, 3.63) is 52.4 Å². The lowest BCUT2D eigenvalue weighted by Gasteiger charge is -2.19. The molecule has 0 heterocycles. The third kappa shape index (κ3) is 13.4. The molecule has 1 aromatic carbocycles. The fraction of sp³-hybridized carbons (Fsp3) is 0.692. The van der Waals surface area contributed by atoms with Crippen LogP contribution < -0.4 is 4.74 Å². The fourth-order valence-corrected chi connectivity index (χ4v) is 3.64. The van der Waals surface area contributed by atoms with E-state index in [9.17, 15) is 5.11 Å². The van der Waals surface area contributed by atoms with Crippen molar-refractivity contribution in [3.8, 4) is 5.75 Å². The molecule has 0 saturated carbocycles. The predicted molar refractivity (Wildman–Crippen MR) is 132 cm³/mol. The summed E-state index contributed by atoms with van der Waals surface area (Å²) < 4.78 is 11.1. The molecule has 0 bridgehead atoms. The van der Waals surface area contributed by atoms with Crippen molar-refractivity contribution in [2.45, 2.75) is 103 Å². The summed E-state index contributed by atoms with van der Waals surface area (Å²) in [5, 5.41) is 13.3. The first kappa shape index (κ1) is 28.0. The molecule has 0 spiro atoms. The Morgan fingerprint density at radius 1 is 0.969 bits per heavy atom. The van der Waals surface area contributed by atoms with Gasteiger partial charge >= 0.3 is 0 Å². The maximum Gasteiger partial charge on any atom is 0.118 e. The number of aliphatic hydroxyl groups is 1. The summed E-state index contributed by atoms with van der Waals surface area (Å²) >= 11 is 0. The Labute approximate surface area is 194 Å². The van der Waals surface area contributed by atoms with Crippen LogP contribution in [0.25, 0.3) is 10.4 Å². The van der Waals surface area contributed by atoms with Crippen LogP contribution >= 0.6 is 0 Å². The van der Waals surface area contributed by atoms with Crippen molar-refractivity contribution in [2.24, 2.45) is 5.11 Å². The van der Waals surface area contributed by atoms with E-state index in [1.165, 1.54) is 64.2 Å². The van der Waals surface area contributed by atoms with Gasteiger partial charge in [-0.15, -0.1) is 0 Å². The molecule has 2 unspecified atom stereocenters. The molecule has 1 aromatic rings. The SMILES string of the molecule is CCCCCCCCCCCCC/C=C/C(OCc1ccc(OC)cc1)C(CO)N=[N+]=[N-]. The number of benzene rings is 1. The van der Waals surface area contributed by atoms with Gasteiger partial charge < -0.3 is 14.6 Å². The van der Waals surface area contributed by atoms with E-state index in [1.54, 1.807) is 7.11 Å². The van der Waals surface area contributed by atoms with Gasteiger partial charge in [-0.2, -0.15) is 0 Å². The average molecular weight is 446 g/mol. The van der Waals surface area contributed by atoms with Gasteiger partial charge in [0.1, 0.15) is 5.75 Å². The molecule has 0 fully saturated rings. The first-order chi connectivity index (χ1) is 15.7. The number of nitrogens with zero attached hydrogens (tertiary/aromatic N) is 3. The van der Waals surface area contributed by atoms with E-state index in [4.69, 9.17) is 15.0 Å². The van der Waals surface area contributed by atoms with Crippen molar-refractivity contribution in [2.75, 3.05) is 13.7 Å². The maximum absolute atomic E-state index is 9.60. The maximum atomic E-state index is 9.60. The molecule has 180 valence electrons. The molecule has 0 amide bonds. The molecule has 6 nitrogen and oxygen atoms in total. The minimum atomic E-state index is -0.633. The van der Waals surface area contributed by atoms with Gasteiger partial charge in [0.25, 0.3) is 0 Å². The Hall–Kier alpha value is -2.01. The van der Waals surface area contributed by atoms with E-state index in [1.807, 2.05) is 30.3 Å². The number of unbranched alkanes of at least 4 members (excludes halogenated alkanes) is 11. The lowest BCUT2D eigenvalue weighted by molar-refractivity contribution is 0.0403. The van der Waals surface area contributed by atoms with Gasteiger partial charge in [-0.1, -0.05) is 101 Å². The van der Waals surface area contributed by atoms with E-state index >= 15 is 0 Å². The number of rotatable bonds is 20. The second kappa shape index (κ2) is 19.7. The van der Waals surface area contributed by atoms with Crippen LogP contribution in [0.1, 0.15) is 89.5 Å². The second-order valence-corrected chi connectivity index (χ2v) is 8.33. The van der Waals surface area contributed by atoms with Gasteiger partial charge in [0, 0.05) is 4.91 Å². The minimum Gasteiger partial charge on any atom is -0.497 e. The van der Waals surface area contributed by atoms with Crippen molar-refractivity contribution in [1.29, 1.82) is 0 Å². The molecule has 0 radical (unpaired) electrons. The van der Waals surface area contributed by atoms with Gasteiger partial charge in [0.05, 0.1) is 32.5 Å². The molecule has 0 saturated heterocycles. The highest BCUT2D eigenvalue weighted by molar-refractivity contribution is 5.26. The summed E-state index contributed by atoms with van der Waals surface area (Å²) in [6.45, 7) is 2.38. The Bertz CT molecular complexity index is 642. The largest absolute Gasteiger partial charge is 0.497 e. The molecule has 6 heteroatoms. The molecular weight excluding hydrogens is 402 g/mol. The number of methoxy groups -OCH3 is 1. The highest BCUT2D eigenvalue weighted by Gasteiger charge is 2.18. The van der Waals surface area contributed by atoms with E-state index in [2.05, 4.69) is 23.0 Å². The van der Waals surface area contributed by atoms with Crippen LogP contribution in [-0.4, -0.2) is 31.0 Å². The average Bonchev–Trinajstić information content (AvgIpc) is 2.83. The van der Waals surface area contributed by atoms with Crippen molar-refractivity contribution < 1.29 is 14.6 Å². The Morgan fingerprint density at radius 3 is 2.09 bits per heavy atom. The Morgan fingerprint density at radius 2 is 1.56 bits per heavy atom. The van der Waals surface area contributed by atoms with Crippen molar-refractivity contribution in [1.82, 2.24) is 0 Å². The van der Waals surface area contributed by atoms with Crippen LogP contribution in [0.3, 0.4) is 0 Å². The van der Waals surface area contributed by atoms with Gasteiger partial charge in [-0.3, -0.25) is 0 Å². The van der Waals surface area contributed by atoms with Gasteiger partial charge in [0.2, 0.25) is 0 Å². The number of azide groups is 1. The van der Waals surface area contributed by atoms with E-state index in [0.717, 1.165) is 24.2 Å². The molecule has 0 aliphatic carbocycles. The van der Waals surface area contributed by atoms with E-state index in [0.29, 0.717) is 6.61 Å². The summed E-state index contributed by atoms with van der Waals surface area (Å²) in [4.78, 5) is 2.85. The zero-order valence-electron chi connectivity index (χ0n) is 20.1. The number of aliphatic hydroxyl groups excluding tert-OH is 1. The molecule has 0 aliphatic rings. The zero-order chi connectivity index (χ0) is 23.3. The normalized spacial score (nSPS) is 13.1. The van der Waals surface area contributed by atoms with Crippen LogP contribution in [0, 0.1) is 0 Å². The number of hydrogen-bond acceptors (Lipinski definition) is 4. The van der Waals surface area contributed by atoms with Crippen LogP contribution in [0.4, 0.5) is 0 Å². The molecule has 32 heavy (non-hydrogen) atoms. The number of ether oxygens (including phenoxy) is 2. The zero-order valence-corrected chi connectivity index (χ0v) is 20.1. The smallest absolute Gasteiger partial charge is 0.118 e.